The lowest BCUT2D eigenvalue weighted by Gasteiger charge is -2.23. The zero-order valence-electron chi connectivity index (χ0n) is 15.1. The van der Waals surface area contributed by atoms with Crippen LogP contribution in [0.2, 0.25) is 5.02 Å². The highest BCUT2D eigenvalue weighted by Gasteiger charge is 2.21. The van der Waals surface area contributed by atoms with Gasteiger partial charge in [0.25, 0.3) is 0 Å². The lowest BCUT2D eigenvalue weighted by atomic mass is 10.0. The van der Waals surface area contributed by atoms with Gasteiger partial charge in [0.15, 0.2) is 0 Å². The SMILES string of the molecule is CC(CC(N)c1ncc(-c2ccc(F)cc2)s1)C(O)Nc1ccc(F)c(Cl)c1. The van der Waals surface area contributed by atoms with Crippen molar-refractivity contribution in [2.45, 2.75) is 25.6 Å². The predicted molar refractivity (Wildman–Crippen MR) is 109 cm³/mol. The number of aliphatic hydroxyl groups is 1. The Bertz CT molecular complexity index is 935. The summed E-state index contributed by atoms with van der Waals surface area (Å²) in [5, 5.41) is 14.0. The van der Waals surface area contributed by atoms with E-state index in [1.165, 1.54) is 41.7 Å². The second-order valence-corrected chi connectivity index (χ2v) is 8.08. The van der Waals surface area contributed by atoms with E-state index in [0.29, 0.717) is 12.1 Å². The van der Waals surface area contributed by atoms with E-state index in [9.17, 15) is 13.9 Å². The summed E-state index contributed by atoms with van der Waals surface area (Å²) in [5.74, 6) is -1.00. The molecule has 0 aliphatic heterocycles. The van der Waals surface area contributed by atoms with Crippen LogP contribution in [-0.4, -0.2) is 16.3 Å². The smallest absolute Gasteiger partial charge is 0.141 e. The van der Waals surface area contributed by atoms with Crippen molar-refractivity contribution in [2.75, 3.05) is 5.32 Å². The number of benzene rings is 2. The van der Waals surface area contributed by atoms with Crippen LogP contribution in [0.15, 0.2) is 48.7 Å². The second-order valence-electron chi connectivity index (χ2n) is 6.61. The average molecular weight is 424 g/mol. The first kappa shape index (κ1) is 20.7. The molecule has 3 aromatic rings. The highest BCUT2D eigenvalue weighted by molar-refractivity contribution is 7.15. The first-order valence-corrected chi connectivity index (χ1v) is 9.90. The third kappa shape index (κ3) is 5.05. The minimum Gasteiger partial charge on any atom is -0.374 e. The fraction of sp³-hybridized carbons (Fsp3) is 0.250. The van der Waals surface area contributed by atoms with Crippen molar-refractivity contribution < 1.29 is 13.9 Å². The van der Waals surface area contributed by atoms with Crippen molar-refractivity contribution in [1.29, 1.82) is 0 Å². The Labute approximate surface area is 171 Å². The largest absolute Gasteiger partial charge is 0.374 e. The molecule has 1 heterocycles. The number of aromatic nitrogens is 1. The van der Waals surface area contributed by atoms with Crippen LogP contribution in [0.3, 0.4) is 0 Å². The molecule has 3 unspecified atom stereocenters. The minimum absolute atomic E-state index is 0.0161. The molecule has 8 heteroatoms. The Morgan fingerprint density at radius 1 is 1.21 bits per heavy atom. The summed E-state index contributed by atoms with van der Waals surface area (Å²) in [4.78, 5) is 5.27. The summed E-state index contributed by atoms with van der Waals surface area (Å²) in [7, 11) is 0. The number of halogens is 3. The molecule has 0 aliphatic carbocycles. The van der Waals surface area contributed by atoms with E-state index >= 15 is 0 Å². The summed E-state index contributed by atoms with van der Waals surface area (Å²) in [6, 6.07) is 10.0. The molecule has 2 aromatic carbocycles. The van der Waals surface area contributed by atoms with Gasteiger partial charge in [0.1, 0.15) is 22.9 Å². The fourth-order valence-electron chi connectivity index (χ4n) is 2.74. The van der Waals surface area contributed by atoms with Crippen LogP contribution in [0.1, 0.15) is 24.4 Å². The molecule has 4 N–H and O–H groups in total. The van der Waals surface area contributed by atoms with E-state index in [0.717, 1.165) is 15.4 Å². The van der Waals surface area contributed by atoms with Gasteiger partial charge in [-0.3, -0.25) is 0 Å². The molecule has 0 spiro atoms. The molecule has 0 radical (unpaired) electrons. The Hall–Kier alpha value is -2.06. The minimum atomic E-state index is -0.885. The number of anilines is 1. The molecule has 1 aromatic heterocycles. The molecule has 3 atom stereocenters. The summed E-state index contributed by atoms with van der Waals surface area (Å²) in [6.45, 7) is 1.86. The zero-order chi connectivity index (χ0) is 20.3. The van der Waals surface area contributed by atoms with Crippen LogP contribution in [0.4, 0.5) is 14.5 Å². The molecule has 0 saturated carbocycles. The van der Waals surface area contributed by atoms with Gasteiger partial charge in [0.05, 0.1) is 15.9 Å². The fourth-order valence-corrected chi connectivity index (χ4v) is 3.85. The maximum absolute atomic E-state index is 13.2. The Morgan fingerprint density at radius 2 is 1.93 bits per heavy atom. The topological polar surface area (TPSA) is 71.2 Å². The number of nitrogens with one attached hydrogen (secondary N) is 1. The molecule has 0 bridgehead atoms. The first-order valence-electron chi connectivity index (χ1n) is 8.70. The lowest BCUT2D eigenvalue weighted by Crippen LogP contribution is -2.29. The number of hydrogen-bond donors (Lipinski definition) is 3. The van der Waals surface area contributed by atoms with Gasteiger partial charge in [0, 0.05) is 17.8 Å². The monoisotopic (exact) mass is 423 g/mol. The Balaban J connectivity index is 1.61. The van der Waals surface area contributed by atoms with Gasteiger partial charge in [-0.2, -0.15) is 0 Å². The third-order valence-corrected chi connectivity index (χ3v) is 5.84. The van der Waals surface area contributed by atoms with Crippen LogP contribution in [0, 0.1) is 17.6 Å². The van der Waals surface area contributed by atoms with Crippen molar-refractivity contribution in [3.05, 3.63) is 70.3 Å². The van der Waals surface area contributed by atoms with Gasteiger partial charge >= 0.3 is 0 Å². The highest BCUT2D eigenvalue weighted by atomic mass is 35.5. The van der Waals surface area contributed by atoms with E-state index in [-0.39, 0.29) is 22.8 Å². The molecule has 0 amide bonds. The molecular formula is C20H20ClF2N3OS. The van der Waals surface area contributed by atoms with E-state index < -0.39 is 12.0 Å². The van der Waals surface area contributed by atoms with Crippen molar-refractivity contribution >= 4 is 28.6 Å². The molecule has 148 valence electrons. The quantitative estimate of drug-likeness (QED) is 0.457. The maximum Gasteiger partial charge on any atom is 0.141 e. The summed E-state index contributed by atoms with van der Waals surface area (Å²) in [5.41, 5.74) is 7.66. The van der Waals surface area contributed by atoms with Gasteiger partial charge in [-0.25, -0.2) is 13.8 Å². The highest BCUT2D eigenvalue weighted by Crippen LogP contribution is 2.31. The number of aliphatic hydroxyl groups excluding tert-OH is 1. The van der Waals surface area contributed by atoms with Crippen molar-refractivity contribution in [3.63, 3.8) is 0 Å². The number of thiazole rings is 1. The van der Waals surface area contributed by atoms with Crippen molar-refractivity contribution in [3.8, 4) is 10.4 Å². The van der Waals surface area contributed by atoms with E-state index in [2.05, 4.69) is 10.3 Å². The molecule has 3 rings (SSSR count). The van der Waals surface area contributed by atoms with Crippen LogP contribution < -0.4 is 11.1 Å². The van der Waals surface area contributed by atoms with Crippen LogP contribution in [0.25, 0.3) is 10.4 Å². The standard InChI is InChI=1S/C20H20ClF2N3OS/c1-11(19(27)26-14-6-7-16(23)15(21)9-14)8-17(24)20-25-10-18(28-20)12-2-4-13(22)5-3-12/h2-7,9-11,17,19,26-27H,8,24H2,1H3. The summed E-state index contributed by atoms with van der Waals surface area (Å²) < 4.78 is 26.3. The zero-order valence-corrected chi connectivity index (χ0v) is 16.6. The number of nitrogens with two attached hydrogens (primary N) is 1. The van der Waals surface area contributed by atoms with Crippen molar-refractivity contribution in [2.24, 2.45) is 11.7 Å². The molecule has 0 aliphatic rings. The van der Waals surface area contributed by atoms with E-state index in [1.807, 2.05) is 6.92 Å². The number of nitrogens with zero attached hydrogens (tertiary/aromatic N) is 1. The third-order valence-electron chi connectivity index (χ3n) is 4.37. The molecule has 0 fully saturated rings. The summed E-state index contributed by atoms with van der Waals surface area (Å²) in [6.07, 6.45) is 1.32. The molecular weight excluding hydrogens is 404 g/mol. The first-order chi connectivity index (χ1) is 13.3. The number of hydrogen-bond acceptors (Lipinski definition) is 5. The predicted octanol–water partition coefficient (Wildman–Crippen LogP) is 5.20. The lowest BCUT2D eigenvalue weighted by molar-refractivity contribution is 0.134. The van der Waals surface area contributed by atoms with Gasteiger partial charge < -0.3 is 16.2 Å². The van der Waals surface area contributed by atoms with Crippen LogP contribution in [0.5, 0.6) is 0 Å². The number of rotatable bonds is 7. The van der Waals surface area contributed by atoms with Crippen LogP contribution >= 0.6 is 22.9 Å². The molecule has 28 heavy (non-hydrogen) atoms. The normalized spacial score (nSPS) is 14.5. The molecule has 0 saturated heterocycles. The van der Waals surface area contributed by atoms with Crippen molar-refractivity contribution in [1.82, 2.24) is 4.98 Å². The van der Waals surface area contributed by atoms with E-state index in [1.54, 1.807) is 18.3 Å². The maximum atomic E-state index is 13.2. The van der Waals surface area contributed by atoms with Gasteiger partial charge in [0.2, 0.25) is 0 Å². The van der Waals surface area contributed by atoms with Crippen LogP contribution in [-0.2, 0) is 0 Å². The van der Waals surface area contributed by atoms with E-state index in [4.69, 9.17) is 17.3 Å². The Kier molecular flexibility index (Phi) is 6.61. The molecule has 4 nitrogen and oxygen atoms in total. The second kappa shape index (κ2) is 8.96. The van der Waals surface area contributed by atoms with Gasteiger partial charge in [-0.05, 0) is 42.3 Å². The summed E-state index contributed by atoms with van der Waals surface area (Å²) >= 11 is 7.20. The van der Waals surface area contributed by atoms with Gasteiger partial charge in [-0.1, -0.05) is 30.7 Å². The van der Waals surface area contributed by atoms with Gasteiger partial charge in [-0.15, -0.1) is 11.3 Å². The average Bonchev–Trinajstić information content (AvgIpc) is 3.15. The Morgan fingerprint density at radius 3 is 2.61 bits per heavy atom.